The van der Waals surface area contributed by atoms with Crippen LogP contribution in [0.2, 0.25) is 0 Å². The molecule has 1 N–H and O–H groups in total. The van der Waals surface area contributed by atoms with Gasteiger partial charge in [0.1, 0.15) is 0 Å². The van der Waals surface area contributed by atoms with Crippen LogP contribution in [0.3, 0.4) is 0 Å². The lowest BCUT2D eigenvalue weighted by Crippen LogP contribution is -2.53. The van der Waals surface area contributed by atoms with Gasteiger partial charge in [-0.15, -0.1) is 0 Å². The molecular formula is C14H18BrNO. The average Bonchev–Trinajstić information content (AvgIpc) is 2.29. The van der Waals surface area contributed by atoms with E-state index in [2.05, 4.69) is 45.1 Å². The topological polar surface area (TPSA) is 23.5 Å². The van der Waals surface area contributed by atoms with Gasteiger partial charge in [0.2, 0.25) is 0 Å². The monoisotopic (exact) mass is 295 g/mol. The fourth-order valence-electron chi connectivity index (χ4n) is 3.39. The van der Waals surface area contributed by atoms with Crippen LogP contribution in [-0.4, -0.2) is 23.3 Å². The van der Waals surface area contributed by atoms with Crippen molar-refractivity contribution in [1.29, 1.82) is 0 Å². The van der Waals surface area contributed by atoms with Gasteiger partial charge >= 0.3 is 0 Å². The molecule has 0 radical (unpaired) electrons. The van der Waals surface area contributed by atoms with Crippen molar-refractivity contribution in [2.24, 2.45) is 0 Å². The highest BCUT2D eigenvalue weighted by atomic mass is 79.9. The van der Waals surface area contributed by atoms with E-state index in [1.807, 2.05) is 0 Å². The first kappa shape index (κ1) is 11.5. The highest BCUT2D eigenvalue weighted by Crippen LogP contribution is 2.37. The molecule has 0 amide bonds. The van der Waals surface area contributed by atoms with E-state index in [9.17, 15) is 5.11 Å². The maximum absolute atomic E-state index is 9.89. The number of halogens is 1. The minimum absolute atomic E-state index is 0.0861. The summed E-state index contributed by atoms with van der Waals surface area (Å²) in [4.78, 5) is 2.54. The number of fused-ring (bicyclic) bond motifs is 2. The first-order chi connectivity index (χ1) is 8.24. The maximum Gasteiger partial charge on any atom is 0.0579 e. The van der Waals surface area contributed by atoms with Gasteiger partial charge in [0, 0.05) is 22.2 Å². The predicted octanol–water partition coefficient (Wildman–Crippen LogP) is 3.33. The highest BCUT2D eigenvalue weighted by molar-refractivity contribution is 9.10. The molecule has 92 valence electrons. The van der Waals surface area contributed by atoms with Crippen molar-refractivity contribution in [2.75, 3.05) is 4.90 Å². The summed E-state index contributed by atoms with van der Waals surface area (Å²) in [6.45, 7) is 0. The quantitative estimate of drug-likeness (QED) is 0.859. The molecule has 2 nitrogen and oxygen atoms in total. The molecule has 2 fully saturated rings. The van der Waals surface area contributed by atoms with E-state index < -0.39 is 0 Å². The van der Waals surface area contributed by atoms with E-state index in [0.29, 0.717) is 12.1 Å². The molecule has 1 aromatic carbocycles. The molecule has 2 aliphatic heterocycles. The number of nitrogens with zero attached hydrogens (tertiary/aromatic N) is 1. The minimum atomic E-state index is -0.0861. The van der Waals surface area contributed by atoms with Gasteiger partial charge in [-0.1, -0.05) is 15.9 Å². The molecule has 3 heteroatoms. The Kier molecular flexibility index (Phi) is 3.14. The Balaban J connectivity index is 1.89. The molecule has 2 saturated heterocycles. The van der Waals surface area contributed by atoms with Crippen molar-refractivity contribution in [1.82, 2.24) is 0 Å². The van der Waals surface area contributed by atoms with Crippen LogP contribution in [0.4, 0.5) is 5.69 Å². The van der Waals surface area contributed by atoms with Crippen LogP contribution in [0.25, 0.3) is 0 Å². The fraction of sp³-hybridized carbons (Fsp3) is 0.571. The van der Waals surface area contributed by atoms with Crippen LogP contribution < -0.4 is 4.90 Å². The number of hydrogen-bond donors (Lipinski definition) is 1. The molecule has 3 rings (SSSR count). The summed E-state index contributed by atoms with van der Waals surface area (Å²) >= 11 is 3.48. The van der Waals surface area contributed by atoms with Crippen molar-refractivity contribution < 1.29 is 5.11 Å². The molecule has 0 spiro atoms. The van der Waals surface area contributed by atoms with Gasteiger partial charge < -0.3 is 10.0 Å². The summed E-state index contributed by atoms with van der Waals surface area (Å²) in [5, 5.41) is 9.89. The molecule has 1 aromatic rings. The number of aliphatic hydroxyl groups excluding tert-OH is 1. The molecule has 2 heterocycles. The zero-order valence-corrected chi connectivity index (χ0v) is 11.4. The van der Waals surface area contributed by atoms with Crippen LogP contribution in [0.5, 0.6) is 0 Å². The van der Waals surface area contributed by atoms with Crippen molar-refractivity contribution in [3.63, 3.8) is 0 Å². The third kappa shape index (κ3) is 2.23. The Morgan fingerprint density at radius 2 is 1.65 bits per heavy atom. The van der Waals surface area contributed by atoms with Gasteiger partial charge in [-0.25, -0.2) is 0 Å². The Labute approximate surface area is 111 Å². The first-order valence-electron chi connectivity index (χ1n) is 6.46. The third-order valence-electron chi connectivity index (χ3n) is 4.07. The summed E-state index contributed by atoms with van der Waals surface area (Å²) < 4.78 is 1.13. The van der Waals surface area contributed by atoms with Crippen molar-refractivity contribution in [2.45, 2.75) is 50.3 Å². The SMILES string of the molecule is OC1CC2CCCC(C1)N2c1ccc(Br)cc1. The molecule has 2 bridgehead atoms. The largest absolute Gasteiger partial charge is 0.393 e. The zero-order chi connectivity index (χ0) is 11.8. The Bertz CT molecular complexity index is 378. The second-order valence-corrected chi connectivity index (χ2v) is 6.16. The van der Waals surface area contributed by atoms with Gasteiger partial charge in [0.25, 0.3) is 0 Å². The highest BCUT2D eigenvalue weighted by Gasteiger charge is 2.37. The lowest BCUT2D eigenvalue weighted by Gasteiger charge is -2.49. The van der Waals surface area contributed by atoms with E-state index >= 15 is 0 Å². The number of anilines is 1. The number of hydrogen-bond acceptors (Lipinski definition) is 2. The van der Waals surface area contributed by atoms with Gasteiger partial charge in [-0.05, 0) is 56.4 Å². The number of aliphatic hydroxyl groups is 1. The molecule has 0 aliphatic carbocycles. The second-order valence-electron chi connectivity index (χ2n) is 5.25. The van der Waals surface area contributed by atoms with E-state index in [0.717, 1.165) is 17.3 Å². The van der Waals surface area contributed by atoms with E-state index in [-0.39, 0.29) is 6.10 Å². The van der Waals surface area contributed by atoms with Crippen molar-refractivity contribution in [3.8, 4) is 0 Å². The van der Waals surface area contributed by atoms with Crippen molar-refractivity contribution in [3.05, 3.63) is 28.7 Å². The molecule has 2 aliphatic rings. The summed E-state index contributed by atoms with van der Waals surface area (Å²) in [6.07, 6.45) is 5.55. The van der Waals surface area contributed by atoms with Crippen LogP contribution in [-0.2, 0) is 0 Å². The predicted molar refractivity (Wildman–Crippen MR) is 73.3 cm³/mol. The lowest BCUT2D eigenvalue weighted by molar-refractivity contribution is 0.0928. The van der Waals surface area contributed by atoms with Crippen molar-refractivity contribution >= 4 is 21.6 Å². The van der Waals surface area contributed by atoms with E-state index in [1.165, 1.54) is 24.9 Å². The van der Waals surface area contributed by atoms with Gasteiger partial charge in [-0.2, -0.15) is 0 Å². The first-order valence-corrected chi connectivity index (χ1v) is 7.25. The normalized spacial score (nSPS) is 32.6. The van der Waals surface area contributed by atoms with Gasteiger partial charge in [0.15, 0.2) is 0 Å². The van der Waals surface area contributed by atoms with Gasteiger partial charge in [-0.3, -0.25) is 0 Å². The third-order valence-corrected chi connectivity index (χ3v) is 4.60. The average molecular weight is 296 g/mol. The van der Waals surface area contributed by atoms with E-state index in [4.69, 9.17) is 0 Å². The van der Waals surface area contributed by atoms with Crippen LogP contribution in [0, 0.1) is 0 Å². The number of piperidine rings is 2. The van der Waals surface area contributed by atoms with E-state index in [1.54, 1.807) is 0 Å². The zero-order valence-electron chi connectivity index (χ0n) is 9.85. The Morgan fingerprint density at radius 1 is 1.06 bits per heavy atom. The van der Waals surface area contributed by atoms with Gasteiger partial charge in [0.05, 0.1) is 6.10 Å². The summed E-state index contributed by atoms with van der Waals surface area (Å²) in [7, 11) is 0. The summed E-state index contributed by atoms with van der Waals surface area (Å²) in [6, 6.07) is 9.67. The van der Waals surface area contributed by atoms with Crippen LogP contribution in [0.15, 0.2) is 28.7 Å². The molecule has 2 atom stereocenters. The number of rotatable bonds is 1. The molecule has 2 unspecified atom stereocenters. The fourth-order valence-corrected chi connectivity index (χ4v) is 3.65. The molecule has 0 aromatic heterocycles. The smallest absolute Gasteiger partial charge is 0.0579 e. The maximum atomic E-state index is 9.89. The number of benzene rings is 1. The standard InChI is InChI=1S/C14H18BrNO/c15-10-4-6-11(7-5-10)16-12-2-1-3-13(16)9-14(17)8-12/h4-7,12-14,17H,1-3,8-9H2. The lowest BCUT2D eigenvalue weighted by atomic mass is 9.82. The van der Waals surface area contributed by atoms with Crippen LogP contribution >= 0.6 is 15.9 Å². The van der Waals surface area contributed by atoms with Crippen LogP contribution in [0.1, 0.15) is 32.1 Å². The summed E-state index contributed by atoms with van der Waals surface area (Å²) in [5.74, 6) is 0. The molecule has 0 saturated carbocycles. The molecule has 17 heavy (non-hydrogen) atoms. The Morgan fingerprint density at radius 3 is 2.24 bits per heavy atom. The molecular weight excluding hydrogens is 278 g/mol. The second kappa shape index (κ2) is 4.62. The summed E-state index contributed by atoms with van der Waals surface area (Å²) in [5.41, 5.74) is 1.31. The Hall–Kier alpha value is -0.540. The minimum Gasteiger partial charge on any atom is -0.393 e.